The Kier molecular flexibility index (Phi) is 4.36. The van der Waals surface area contributed by atoms with Crippen molar-refractivity contribution in [3.05, 3.63) is 22.7 Å². The molecule has 2 heterocycles. The maximum atomic E-state index is 12.3. The third-order valence-corrected chi connectivity index (χ3v) is 3.64. The third-order valence-electron chi connectivity index (χ3n) is 3.64. The zero-order chi connectivity index (χ0) is 13.0. The molecule has 1 saturated heterocycles. The molecule has 1 aliphatic rings. The van der Waals surface area contributed by atoms with Crippen molar-refractivity contribution >= 4 is 5.82 Å². The van der Waals surface area contributed by atoms with Gasteiger partial charge in [-0.15, -0.1) is 0 Å². The van der Waals surface area contributed by atoms with Gasteiger partial charge in [-0.05, 0) is 39.2 Å². The molecule has 5 heteroatoms. The van der Waals surface area contributed by atoms with Gasteiger partial charge < -0.3 is 15.2 Å². The van der Waals surface area contributed by atoms with Gasteiger partial charge in [0.15, 0.2) is 5.82 Å². The second-order valence-electron chi connectivity index (χ2n) is 4.76. The van der Waals surface area contributed by atoms with Crippen molar-refractivity contribution in [2.75, 3.05) is 18.0 Å². The van der Waals surface area contributed by atoms with Gasteiger partial charge >= 0.3 is 0 Å². The zero-order valence-corrected chi connectivity index (χ0v) is 11.0. The van der Waals surface area contributed by atoms with E-state index in [0.29, 0.717) is 24.9 Å². The van der Waals surface area contributed by atoms with Gasteiger partial charge in [-0.25, -0.2) is 4.98 Å². The average molecular weight is 250 g/mol. The number of aryl methyl sites for hydroxylation is 1. The lowest BCUT2D eigenvalue weighted by Crippen LogP contribution is -2.44. The summed E-state index contributed by atoms with van der Waals surface area (Å²) >= 11 is 0. The number of aromatic nitrogens is 2. The standard InChI is InChI=1S/C13H22N4O/c1-2-16-10-8-15-12(13(16)18)17-9-4-3-5-11(17)6-7-14/h8,10-11H,2-7,9,14H2,1H3. The van der Waals surface area contributed by atoms with Gasteiger partial charge in [-0.1, -0.05) is 0 Å². The van der Waals surface area contributed by atoms with E-state index in [-0.39, 0.29) is 5.56 Å². The topological polar surface area (TPSA) is 64.2 Å². The molecule has 5 nitrogen and oxygen atoms in total. The molecular weight excluding hydrogens is 228 g/mol. The molecule has 0 amide bonds. The number of piperidine rings is 1. The summed E-state index contributed by atoms with van der Waals surface area (Å²) in [5.74, 6) is 0.595. The quantitative estimate of drug-likeness (QED) is 0.865. The van der Waals surface area contributed by atoms with E-state index in [1.54, 1.807) is 17.0 Å². The van der Waals surface area contributed by atoms with Gasteiger partial charge in [0.25, 0.3) is 5.56 Å². The van der Waals surface area contributed by atoms with Gasteiger partial charge in [0.2, 0.25) is 0 Å². The average Bonchev–Trinajstić information content (AvgIpc) is 2.40. The summed E-state index contributed by atoms with van der Waals surface area (Å²) in [6.45, 7) is 4.24. The third kappa shape index (κ3) is 2.56. The lowest BCUT2D eigenvalue weighted by molar-refractivity contribution is 0.436. The Morgan fingerprint density at radius 3 is 3.06 bits per heavy atom. The van der Waals surface area contributed by atoms with Crippen molar-refractivity contribution in [1.82, 2.24) is 9.55 Å². The largest absolute Gasteiger partial charge is 0.349 e. The summed E-state index contributed by atoms with van der Waals surface area (Å²) in [5, 5.41) is 0. The first-order valence-corrected chi connectivity index (χ1v) is 6.80. The van der Waals surface area contributed by atoms with Crippen LogP contribution >= 0.6 is 0 Å². The Bertz CT molecular complexity index is 441. The van der Waals surface area contributed by atoms with Crippen molar-refractivity contribution in [2.24, 2.45) is 5.73 Å². The molecule has 0 aliphatic carbocycles. The fourth-order valence-corrected chi connectivity index (χ4v) is 2.65. The molecule has 0 radical (unpaired) electrons. The van der Waals surface area contributed by atoms with Crippen LogP contribution in [0.5, 0.6) is 0 Å². The van der Waals surface area contributed by atoms with Crippen LogP contribution in [0.1, 0.15) is 32.6 Å². The molecule has 1 atom stereocenters. The van der Waals surface area contributed by atoms with E-state index in [1.807, 2.05) is 6.92 Å². The van der Waals surface area contributed by atoms with Gasteiger partial charge in [0.1, 0.15) is 0 Å². The van der Waals surface area contributed by atoms with E-state index in [1.165, 1.54) is 6.42 Å². The van der Waals surface area contributed by atoms with Crippen LogP contribution in [-0.4, -0.2) is 28.7 Å². The highest BCUT2D eigenvalue weighted by molar-refractivity contribution is 5.37. The monoisotopic (exact) mass is 250 g/mol. The Morgan fingerprint density at radius 1 is 1.50 bits per heavy atom. The highest BCUT2D eigenvalue weighted by Gasteiger charge is 2.25. The molecule has 1 aromatic heterocycles. The van der Waals surface area contributed by atoms with Crippen LogP contribution in [0, 0.1) is 0 Å². The van der Waals surface area contributed by atoms with Crippen molar-refractivity contribution in [3.8, 4) is 0 Å². The minimum Gasteiger partial charge on any atom is -0.349 e. The minimum atomic E-state index is 0.0175. The van der Waals surface area contributed by atoms with E-state index in [2.05, 4.69) is 9.88 Å². The molecule has 0 bridgehead atoms. The summed E-state index contributed by atoms with van der Waals surface area (Å²) in [5.41, 5.74) is 5.68. The van der Waals surface area contributed by atoms with Crippen molar-refractivity contribution in [3.63, 3.8) is 0 Å². The molecule has 0 aromatic carbocycles. The first kappa shape index (κ1) is 13.1. The Hall–Kier alpha value is -1.36. The van der Waals surface area contributed by atoms with Crippen LogP contribution < -0.4 is 16.2 Å². The molecule has 2 N–H and O–H groups in total. The molecule has 0 saturated carbocycles. The minimum absolute atomic E-state index is 0.0175. The molecule has 1 unspecified atom stereocenters. The van der Waals surface area contributed by atoms with Gasteiger partial charge in [-0.3, -0.25) is 4.79 Å². The summed E-state index contributed by atoms with van der Waals surface area (Å²) in [6.07, 6.45) is 7.85. The highest BCUT2D eigenvalue weighted by atomic mass is 16.1. The van der Waals surface area contributed by atoms with Gasteiger partial charge in [-0.2, -0.15) is 0 Å². The molecule has 100 valence electrons. The van der Waals surface area contributed by atoms with Gasteiger partial charge in [0.05, 0.1) is 0 Å². The van der Waals surface area contributed by atoms with Crippen LogP contribution in [0.2, 0.25) is 0 Å². The lowest BCUT2D eigenvalue weighted by atomic mass is 9.99. The summed E-state index contributed by atoms with van der Waals surface area (Å²) < 4.78 is 1.70. The van der Waals surface area contributed by atoms with E-state index in [0.717, 1.165) is 25.8 Å². The first-order valence-electron chi connectivity index (χ1n) is 6.80. The zero-order valence-electron chi connectivity index (χ0n) is 11.0. The molecule has 1 aromatic rings. The van der Waals surface area contributed by atoms with Crippen LogP contribution in [0.4, 0.5) is 5.82 Å². The fourth-order valence-electron chi connectivity index (χ4n) is 2.65. The van der Waals surface area contributed by atoms with Crippen molar-refractivity contribution < 1.29 is 0 Å². The van der Waals surface area contributed by atoms with E-state index < -0.39 is 0 Å². The number of anilines is 1. The number of nitrogens with two attached hydrogens (primary N) is 1. The maximum Gasteiger partial charge on any atom is 0.293 e. The Morgan fingerprint density at radius 2 is 2.33 bits per heavy atom. The predicted molar refractivity (Wildman–Crippen MR) is 72.8 cm³/mol. The molecular formula is C13H22N4O. The van der Waals surface area contributed by atoms with Crippen LogP contribution in [0.15, 0.2) is 17.2 Å². The van der Waals surface area contributed by atoms with Crippen LogP contribution in [0.25, 0.3) is 0 Å². The molecule has 2 rings (SSSR count). The van der Waals surface area contributed by atoms with E-state index in [9.17, 15) is 4.79 Å². The predicted octanol–water partition coefficient (Wildman–Crippen LogP) is 0.971. The van der Waals surface area contributed by atoms with E-state index >= 15 is 0 Å². The first-order chi connectivity index (χ1) is 8.77. The summed E-state index contributed by atoms with van der Waals surface area (Å²) in [6, 6.07) is 0.372. The molecule has 0 spiro atoms. The second-order valence-corrected chi connectivity index (χ2v) is 4.76. The number of nitrogens with zero attached hydrogens (tertiary/aromatic N) is 3. The van der Waals surface area contributed by atoms with E-state index in [4.69, 9.17) is 5.73 Å². The van der Waals surface area contributed by atoms with Crippen molar-refractivity contribution in [1.29, 1.82) is 0 Å². The van der Waals surface area contributed by atoms with Crippen LogP contribution in [-0.2, 0) is 6.54 Å². The molecule has 1 aliphatic heterocycles. The SMILES string of the molecule is CCn1ccnc(N2CCCCC2CCN)c1=O. The van der Waals surface area contributed by atoms with Gasteiger partial charge in [0, 0.05) is 31.5 Å². The Balaban J connectivity index is 2.30. The van der Waals surface area contributed by atoms with Crippen molar-refractivity contribution in [2.45, 2.75) is 45.2 Å². The number of rotatable bonds is 4. The maximum absolute atomic E-state index is 12.3. The lowest BCUT2D eigenvalue weighted by Gasteiger charge is -2.36. The summed E-state index contributed by atoms with van der Waals surface area (Å²) in [7, 11) is 0. The Labute approximate surface area is 108 Å². The smallest absolute Gasteiger partial charge is 0.293 e. The second kappa shape index (κ2) is 6.00. The molecule has 18 heavy (non-hydrogen) atoms. The summed E-state index contributed by atoms with van der Waals surface area (Å²) in [4.78, 5) is 18.7. The fraction of sp³-hybridized carbons (Fsp3) is 0.692. The highest BCUT2D eigenvalue weighted by Crippen LogP contribution is 2.22. The molecule has 1 fully saturated rings. The number of hydrogen-bond donors (Lipinski definition) is 1. The normalized spacial score (nSPS) is 20.1. The van der Waals surface area contributed by atoms with Crippen LogP contribution in [0.3, 0.4) is 0 Å². The number of hydrogen-bond acceptors (Lipinski definition) is 4.